The predicted molar refractivity (Wildman–Crippen MR) is 120 cm³/mol. The number of aromatic nitrogens is 3. The van der Waals surface area contributed by atoms with E-state index in [2.05, 4.69) is 15.6 Å². The van der Waals surface area contributed by atoms with Crippen molar-refractivity contribution in [2.24, 2.45) is 7.05 Å². The summed E-state index contributed by atoms with van der Waals surface area (Å²) in [6, 6.07) is 5.47. The molecule has 2 amide bonds. The van der Waals surface area contributed by atoms with E-state index in [-0.39, 0.29) is 24.3 Å². The molecule has 0 fully saturated rings. The molecule has 2 N–H and O–H groups in total. The van der Waals surface area contributed by atoms with Gasteiger partial charge in [0.15, 0.2) is 5.76 Å². The number of carbonyl (C=O) groups is 2. The molecule has 0 aliphatic rings. The summed E-state index contributed by atoms with van der Waals surface area (Å²) >= 11 is 0. The van der Waals surface area contributed by atoms with Gasteiger partial charge >= 0.3 is 12.3 Å². The first-order valence-corrected chi connectivity index (χ1v) is 10.7. The standard InChI is InChI=1S/C23H26F3N5O4/c1-22(2,3)31(21(33)34)12-16(9-14-7-5-6-8-17(14)23(24,25)26)28-20(32)19-10-15(13-35-19)18-11-27-29-30(18)4/h5-8,10-11,13,16H,9,12H2,1-4H3,(H,28,32)(H,33,34)/t16-/m1/s1. The van der Waals surface area contributed by atoms with Crippen molar-refractivity contribution in [2.75, 3.05) is 6.54 Å². The molecular formula is C23H26F3N5O4. The highest BCUT2D eigenvalue weighted by molar-refractivity contribution is 5.93. The van der Waals surface area contributed by atoms with E-state index in [1.807, 2.05) is 0 Å². The first-order chi connectivity index (χ1) is 16.3. The molecule has 35 heavy (non-hydrogen) atoms. The molecule has 0 bridgehead atoms. The number of rotatable bonds is 7. The maximum atomic E-state index is 13.6. The van der Waals surface area contributed by atoms with Crippen molar-refractivity contribution in [2.45, 2.75) is 44.9 Å². The van der Waals surface area contributed by atoms with Crippen LogP contribution in [0.4, 0.5) is 18.0 Å². The number of nitrogens with zero attached hydrogens (tertiary/aromatic N) is 4. The Kier molecular flexibility index (Phi) is 7.22. The molecule has 0 aliphatic carbocycles. The van der Waals surface area contributed by atoms with E-state index < -0.39 is 35.3 Å². The van der Waals surface area contributed by atoms with E-state index in [0.717, 1.165) is 11.0 Å². The first kappa shape index (κ1) is 25.8. The van der Waals surface area contributed by atoms with Crippen LogP contribution in [0, 0.1) is 0 Å². The topological polar surface area (TPSA) is 113 Å². The Morgan fingerprint density at radius 3 is 2.49 bits per heavy atom. The van der Waals surface area contributed by atoms with Gasteiger partial charge in [-0.1, -0.05) is 23.4 Å². The van der Waals surface area contributed by atoms with Crippen LogP contribution in [-0.2, 0) is 19.6 Å². The van der Waals surface area contributed by atoms with Gasteiger partial charge in [0.1, 0.15) is 6.26 Å². The average Bonchev–Trinajstić information content (AvgIpc) is 3.39. The number of hydrogen-bond donors (Lipinski definition) is 2. The van der Waals surface area contributed by atoms with Crippen LogP contribution in [-0.4, -0.2) is 55.1 Å². The monoisotopic (exact) mass is 493 g/mol. The summed E-state index contributed by atoms with van der Waals surface area (Å²) in [4.78, 5) is 25.9. The Hall–Kier alpha value is -3.83. The highest BCUT2D eigenvalue weighted by Gasteiger charge is 2.35. The van der Waals surface area contributed by atoms with Gasteiger partial charge in [0, 0.05) is 24.7 Å². The lowest BCUT2D eigenvalue weighted by Crippen LogP contribution is -2.53. The number of alkyl halides is 3. The lowest BCUT2D eigenvalue weighted by Gasteiger charge is -2.36. The minimum Gasteiger partial charge on any atom is -0.465 e. The van der Waals surface area contributed by atoms with Gasteiger partial charge in [-0.2, -0.15) is 13.2 Å². The van der Waals surface area contributed by atoms with E-state index in [1.54, 1.807) is 27.8 Å². The van der Waals surface area contributed by atoms with Gasteiger partial charge in [-0.25, -0.2) is 9.48 Å². The third kappa shape index (κ3) is 6.19. The summed E-state index contributed by atoms with van der Waals surface area (Å²) in [6.07, 6.45) is -3.29. The van der Waals surface area contributed by atoms with Gasteiger partial charge in [0.05, 0.1) is 23.5 Å². The molecule has 1 atom stereocenters. The second-order valence-electron chi connectivity index (χ2n) is 9.04. The molecular weight excluding hydrogens is 467 g/mol. The number of halogens is 3. The summed E-state index contributed by atoms with van der Waals surface area (Å²) in [7, 11) is 1.66. The fraction of sp³-hybridized carbons (Fsp3) is 0.391. The number of carboxylic acid groups (broad SMARTS) is 1. The molecule has 12 heteroatoms. The van der Waals surface area contributed by atoms with Gasteiger partial charge in [0.25, 0.3) is 5.91 Å². The molecule has 0 saturated carbocycles. The fourth-order valence-corrected chi connectivity index (χ4v) is 3.66. The van der Waals surface area contributed by atoms with Crippen molar-refractivity contribution in [3.63, 3.8) is 0 Å². The van der Waals surface area contributed by atoms with Crippen LogP contribution in [0.25, 0.3) is 11.3 Å². The molecule has 0 spiro atoms. The summed E-state index contributed by atoms with van der Waals surface area (Å²) < 4.78 is 47.5. The molecule has 2 heterocycles. The predicted octanol–water partition coefficient (Wildman–Crippen LogP) is 4.21. The van der Waals surface area contributed by atoms with E-state index in [1.165, 1.54) is 41.4 Å². The number of amides is 2. The van der Waals surface area contributed by atoms with Gasteiger partial charge in [-0.05, 0) is 44.9 Å². The number of furan rings is 1. The largest absolute Gasteiger partial charge is 0.465 e. The number of nitrogens with one attached hydrogen (secondary N) is 1. The van der Waals surface area contributed by atoms with Crippen LogP contribution in [0.3, 0.4) is 0 Å². The molecule has 9 nitrogen and oxygen atoms in total. The van der Waals surface area contributed by atoms with Crippen molar-refractivity contribution in [3.05, 3.63) is 59.7 Å². The zero-order chi connectivity index (χ0) is 26.0. The van der Waals surface area contributed by atoms with Crippen molar-refractivity contribution in [1.29, 1.82) is 0 Å². The van der Waals surface area contributed by atoms with Crippen LogP contribution in [0.15, 0.2) is 47.2 Å². The molecule has 2 aromatic heterocycles. The second-order valence-corrected chi connectivity index (χ2v) is 9.04. The van der Waals surface area contributed by atoms with Gasteiger partial charge in [-0.3, -0.25) is 4.79 Å². The zero-order valence-electron chi connectivity index (χ0n) is 19.6. The number of hydrogen-bond acceptors (Lipinski definition) is 5. The highest BCUT2D eigenvalue weighted by atomic mass is 19.4. The Balaban J connectivity index is 1.90. The van der Waals surface area contributed by atoms with Crippen molar-refractivity contribution < 1.29 is 32.3 Å². The van der Waals surface area contributed by atoms with Crippen LogP contribution >= 0.6 is 0 Å². The lowest BCUT2D eigenvalue weighted by molar-refractivity contribution is -0.138. The van der Waals surface area contributed by atoms with E-state index in [9.17, 15) is 27.9 Å². The molecule has 1 aromatic carbocycles. The van der Waals surface area contributed by atoms with Crippen molar-refractivity contribution in [3.8, 4) is 11.3 Å². The molecule has 0 radical (unpaired) electrons. The summed E-state index contributed by atoms with van der Waals surface area (Å²) in [5.41, 5.74) is -0.647. The van der Waals surface area contributed by atoms with E-state index in [4.69, 9.17) is 4.42 Å². The van der Waals surface area contributed by atoms with E-state index >= 15 is 0 Å². The van der Waals surface area contributed by atoms with Crippen LogP contribution < -0.4 is 5.32 Å². The minimum atomic E-state index is -4.60. The van der Waals surface area contributed by atoms with Crippen LogP contribution in [0.2, 0.25) is 0 Å². The highest BCUT2D eigenvalue weighted by Crippen LogP contribution is 2.32. The lowest BCUT2D eigenvalue weighted by atomic mass is 9.97. The van der Waals surface area contributed by atoms with Crippen molar-refractivity contribution in [1.82, 2.24) is 25.2 Å². The number of aryl methyl sites for hydroxylation is 1. The summed E-state index contributed by atoms with van der Waals surface area (Å²) in [6.45, 7) is 4.73. The molecule has 0 unspecified atom stereocenters. The molecule has 0 aliphatic heterocycles. The first-order valence-electron chi connectivity index (χ1n) is 10.7. The van der Waals surface area contributed by atoms with E-state index in [0.29, 0.717) is 11.3 Å². The van der Waals surface area contributed by atoms with Crippen molar-refractivity contribution >= 4 is 12.0 Å². The smallest absolute Gasteiger partial charge is 0.416 e. The maximum absolute atomic E-state index is 13.6. The Morgan fingerprint density at radius 1 is 1.23 bits per heavy atom. The summed E-state index contributed by atoms with van der Waals surface area (Å²) in [5, 5.41) is 19.9. The SMILES string of the molecule is Cn1nncc1-c1coc(C(=O)N[C@H](Cc2ccccc2C(F)(F)F)CN(C(=O)O)C(C)(C)C)c1. The van der Waals surface area contributed by atoms with Gasteiger partial charge < -0.3 is 19.7 Å². The third-order valence-corrected chi connectivity index (χ3v) is 5.40. The summed E-state index contributed by atoms with van der Waals surface area (Å²) in [5.74, 6) is -0.784. The number of carbonyl (C=O) groups excluding carboxylic acids is 1. The minimum absolute atomic E-state index is 0.0642. The van der Waals surface area contributed by atoms with Crippen LogP contribution in [0.5, 0.6) is 0 Å². The second kappa shape index (κ2) is 9.80. The Labute approximate surface area is 199 Å². The fourth-order valence-electron chi connectivity index (χ4n) is 3.66. The number of benzene rings is 1. The van der Waals surface area contributed by atoms with Gasteiger partial charge in [0.2, 0.25) is 0 Å². The third-order valence-electron chi connectivity index (χ3n) is 5.40. The maximum Gasteiger partial charge on any atom is 0.416 e. The molecule has 3 aromatic rings. The van der Waals surface area contributed by atoms with Crippen LogP contribution in [0.1, 0.15) is 42.5 Å². The average molecular weight is 493 g/mol. The van der Waals surface area contributed by atoms with Gasteiger partial charge in [-0.15, -0.1) is 5.10 Å². The molecule has 0 saturated heterocycles. The quantitative estimate of drug-likeness (QED) is 0.510. The zero-order valence-corrected chi connectivity index (χ0v) is 19.6. The molecule has 188 valence electrons. The Morgan fingerprint density at radius 2 is 1.91 bits per heavy atom. The normalized spacial score (nSPS) is 12.9. The molecule has 3 rings (SSSR count). The Bertz CT molecular complexity index is 1200.